The molecule has 0 saturated carbocycles. The van der Waals surface area contributed by atoms with Crippen molar-refractivity contribution in [3.05, 3.63) is 0 Å². The molecule has 0 aliphatic carbocycles. The SMILES string of the molecule is CCCCCC(CC)SCC(=O)O. The summed E-state index contributed by atoms with van der Waals surface area (Å²) < 4.78 is 0. The van der Waals surface area contributed by atoms with Crippen molar-refractivity contribution in [3.63, 3.8) is 0 Å². The second kappa shape index (κ2) is 8.42. The average molecular weight is 204 g/mol. The molecule has 78 valence electrons. The first-order valence-electron chi connectivity index (χ1n) is 5.04. The third kappa shape index (κ3) is 8.16. The third-order valence-corrected chi connectivity index (χ3v) is 3.48. The highest BCUT2D eigenvalue weighted by molar-refractivity contribution is 8.00. The van der Waals surface area contributed by atoms with Gasteiger partial charge in [-0.25, -0.2) is 0 Å². The molecule has 1 unspecified atom stereocenters. The first-order valence-corrected chi connectivity index (χ1v) is 6.09. The van der Waals surface area contributed by atoms with Crippen molar-refractivity contribution in [2.75, 3.05) is 5.75 Å². The van der Waals surface area contributed by atoms with Gasteiger partial charge in [0.2, 0.25) is 0 Å². The van der Waals surface area contributed by atoms with E-state index in [4.69, 9.17) is 5.11 Å². The number of rotatable bonds is 8. The molecule has 0 spiro atoms. The van der Waals surface area contributed by atoms with Gasteiger partial charge >= 0.3 is 5.97 Å². The standard InChI is InChI=1S/C10H20O2S/c1-3-5-6-7-9(4-2)13-8-10(11)12/h9H,3-8H2,1-2H3,(H,11,12). The van der Waals surface area contributed by atoms with Crippen LogP contribution in [0.1, 0.15) is 46.0 Å². The molecule has 0 saturated heterocycles. The Morgan fingerprint density at radius 2 is 2.08 bits per heavy atom. The fourth-order valence-corrected chi connectivity index (χ4v) is 2.16. The van der Waals surface area contributed by atoms with E-state index >= 15 is 0 Å². The molecule has 0 aliphatic heterocycles. The van der Waals surface area contributed by atoms with Gasteiger partial charge in [0.05, 0.1) is 5.75 Å². The number of unbranched alkanes of at least 4 members (excludes halogenated alkanes) is 2. The first kappa shape index (κ1) is 12.8. The van der Waals surface area contributed by atoms with Gasteiger partial charge in [-0.2, -0.15) is 0 Å². The number of thioether (sulfide) groups is 1. The monoisotopic (exact) mass is 204 g/mol. The summed E-state index contributed by atoms with van der Waals surface area (Å²) in [6.45, 7) is 4.32. The summed E-state index contributed by atoms with van der Waals surface area (Å²) in [4.78, 5) is 10.3. The minimum atomic E-state index is -0.695. The van der Waals surface area contributed by atoms with Gasteiger partial charge in [0.25, 0.3) is 0 Å². The van der Waals surface area contributed by atoms with E-state index in [-0.39, 0.29) is 5.75 Å². The molecule has 0 heterocycles. The molecule has 0 fully saturated rings. The second-order valence-electron chi connectivity index (χ2n) is 3.23. The zero-order valence-electron chi connectivity index (χ0n) is 8.58. The Kier molecular flexibility index (Phi) is 8.30. The lowest BCUT2D eigenvalue weighted by Crippen LogP contribution is -2.07. The van der Waals surface area contributed by atoms with E-state index in [0.29, 0.717) is 5.25 Å². The molecule has 0 aromatic rings. The summed E-state index contributed by atoms with van der Waals surface area (Å²) in [6, 6.07) is 0. The maximum absolute atomic E-state index is 10.3. The fraction of sp³-hybridized carbons (Fsp3) is 0.900. The van der Waals surface area contributed by atoms with Gasteiger partial charge in [-0.3, -0.25) is 4.79 Å². The van der Waals surface area contributed by atoms with Crippen LogP contribution in [0.2, 0.25) is 0 Å². The molecule has 1 N–H and O–H groups in total. The van der Waals surface area contributed by atoms with Gasteiger partial charge < -0.3 is 5.11 Å². The van der Waals surface area contributed by atoms with Crippen molar-refractivity contribution in [3.8, 4) is 0 Å². The predicted octanol–water partition coefficient (Wildman–Crippen LogP) is 3.16. The Labute approximate surface area is 85.1 Å². The van der Waals surface area contributed by atoms with Gasteiger partial charge in [-0.1, -0.05) is 33.1 Å². The molecular formula is C10H20O2S. The Bertz CT molecular complexity index is 137. The summed E-state index contributed by atoms with van der Waals surface area (Å²) in [5.41, 5.74) is 0. The van der Waals surface area contributed by atoms with Gasteiger partial charge in [0.15, 0.2) is 0 Å². The smallest absolute Gasteiger partial charge is 0.313 e. The van der Waals surface area contributed by atoms with Gasteiger partial charge in [-0.05, 0) is 12.8 Å². The summed E-state index contributed by atoms with van der Waals surface area (Å²) in [6.07, 6.45) is 6.00. The highest BCUT2D eigenvalue weighted by Crippen LogP contribution is 2.20. The lowest BCUT2D eigenvalue weighted by Gasteiger charge is -2.12. The normalized spacial score (nSPS) is 12.8. The van der Waals surface area contributed by atoms with Crippen LogP contribution in [0.5, 0.6) is 0 Å². The van der Waals surface area contributed by atoms with Crippen molar-refractivity contribution in [2.24, 2.45) is 0 Å². The fourth-order valence-electron chi connectivity index (χ4n) is 1.22. The van der Waals surface area contributed by atoms with Crippen LogP contribution in [0.4, 0.5) is 0 Å². The van der Waals surface area contributed by atoms with Crippen molar-refractivity contribution in [1.29, 1.82) is 0 Å². The van der Waals surface area contributed by atoms with Gasteiger partial charge in [-0.15, -0.1) is 11.8 Å². The zero-order valence-corrected chi connectivity index (χ0v) is 9.40. The number of hydrogen-bond acceptors (Lipinski definition) is 2. The topological polar surface area (TPSA) is 37.3 Å². The van der Waals surface area contributed by atoms with E-state index in [0.717, 1.165) is 6.42 Å². The lowest BCUT2D eigenvalue weighted by atomic mass is 10.1. The number of aliphatic carboxylic acids is 1. The summed E-state index contributed by atoms with van der Waals surface area (Å²) in [5.74, 6) is -0.441. The van der Waals surface area contributed by atoms with Crippen LogP contribution in [0.15, 0.2) is 0 Å². The zero-order chi connectivity index (χ0) is 10.1. The first-order chi connectivity index (χ1) is 6.20. The summed E-state index contributed by atoms with van der Waals surface area (Å²) in [7, 11) is 0. The molecule has 1 atom stereocenters. The van der Waals surface area contributed by atoms with Crippen LogP contribution in [0.3, 0.4) is 0 Å². The molecule has 0 amide bonds. The second-order valence-corrected chi connectivity index (χ2v) is 4.52. The highest BCUT2D eigenvalue weighted by Gasteiger charge is 2.08. The molecule has 0 rings (SSSR count). The number of hydrogen-bond donors (Lipinski definition) is 1. The van der Waals surface area contributed by atoms with Crippen LogP contribution in [0.25, 0.3) is 0 Å². The van der Waals surface area contributed by atoms with E-state index in [9.17, 15) is 4.79 Å². The highest BCUT2D eigenvalue weighted by atomic mass is 32.2. The molecular weight excluding hydrogens is 184 g/mol. The van der Waals surface area contributed by atoms with Crippen molar-refractivity contribution >= 4 is 17.7 Å². The molecule has 2 nitrogen and oxygen atoms in total. The largest absolute Gasteiger partial charge is 0.481 e. The van der Waals surface area contributed by atoms with Crippen molar-refractivity contribution in [1.82, 2.24) is 0 Å². The van der Waals surface area contributed by atoms with E-state index in [1.807, 2.05) is 0 Å². The Hall–Kier alpha value is -0.180. The van der Waals surface area contributed by atoms with Gasteiger partial charge in [0, 0.05) is 5.25 Å². The minimum Gasteiger partial charge on any atom is -0.481 e. The number of carboxylic acid groups (broad SMARTS) is 1. The number of carbonyl (C=O) groups is 1. The predicted molar refractivity (Wildman–Crippen MR) is 58.3 cm³/mol. The third-order valence-electron chi connectivity index (χ3n) is 2.03. The van der Waals surface area contributed by atoms with Crippen molar-refractivity contribution in [2.45, 2.75) is 51.2 Å². The molecule has 13 heavy (non-hydrogen) atoms. The Balaban J connectivity index is 3.45. The van der Waals surface area contributed by atoms with E-state index in [1.54, 1.807) is 11.8 Å². The molecule has 3 heteroatoms. The summed E-state index contributed by atoms with van der Waals surface area (Å²) >= 11 is 1.58. The quantitative estimate of drug-likeness (QED) is 0.617. The summed E-state index contributed by atoms with van der Waals surface area (Å²) in [5, 5.41) is 9.05. The molecule has 0 bridgehead atoms. The van der Waals surface area contributed by atoms with Crippen LogP contribution in [-0.4, -0.2) is 22.1 Å². The number of carboxylic acids is 1. The maximum atomic E-state index is 10.3. The van der Waals surface area contributed by atoms with Crippen LogP contribution < -0.4 is 0 Å². The van der Waals surface area contributed by atoms with Crippen LogP contribution in [0, 0.1) is 0 Å². The Morgan fingerprint density at radius 1 is 1.38 bits per heavy atom. The molecule has 0 aromatic heterocycles. The van der Waals surface area contributed by atoms with Crippen LogP contribution in [-0.2, 0) is 4.79 Å². The molecule has 0 aliphatic rings. The van der Waals surface area contributed by atoms with Gasteiger partial charge in [0.1, 0.15) is 0 Å². The van der Waals surface area contributed by atoms with E-state index in [1.165, 1.54) is 25.7 Å². The molecule has 0 aromatic carbocycles. The van der Waals surface area contributed by atoms with Crippen molar-refractivity contribution < 1.29 is 9.90 Å². The van der Waals surface area contributed by atoms with Crippen LogP contribution >= 0.6 is 11.8 Å². The van der Waals surface area contributed by atoms with E-state index in [2.05, 4.69) is 13.8 Å². The Morgan fingerprint density at radius 3 is 2.54 bits per heavy atom. The lowest BCUT2D eigenvalue weighted by molar-refractivity contribution is -0.133. The average Bonchev–Trinajstić information content (AvgIpc) is 2.10. The minimum absolute atomic E-state index is 0.255. The molecule has 0 radical (unpaired) electrons. The maximum Gasteiger partial charge on any atom is 0.313 e. The van der Waals surface area contributed by atoms with E-state index < -0.39 is 5.97 Å².